The molecule has 2 aliphatic rings. The summed E-state index contributed by atoms with van der Waals surface area (Å²) in [5.74, 6) is 1.00. The Hall–Kier alpha value is -3.22. The van der Waals surface area contributed by atoms with Gasteiger partial charge in [-0.2, -0.15) is 0 Å². The predicted molar refractivity (Wildman–Crippen MR) is 111 cm³/mol. The van der Waals surface area contributed by atoms with E-state index in [0.29, 0.717) is 42.4 Å². The molecule has 2 aromatic carbocycles. The van der Waals surface area contributed by atoms with Gasteiger partial charge in [0.2, 0.25) is 11.7 Å². The number of methoxy groups -OCH3 is 1. The summed E-state index contributed by atoms with van der Waals surface area (Å²) in [6.07, 6.45) is 2.43. The summed E-state index contributed by atoms with van der Waals surface area (Å²) in [4.78, 5) is 28.0. The first-order valence-electron chi connectivity index (χ1n) is 10.3. The molecule has 1 saturated heterocycles. The number of nitrogens with zero attached hydrogens (tertiary/aromatic N) is 1. The molecule has 1 unspecified atom stereocenters. The fraction of sp³-hybridized carbons (Fsp3) is 0.391. The molecule has 2 aliphatic heterocycles. The Morgan fingerprint density at radius 3 is 2.57 bits per heavy atom. The van der Waals surface area contributed by atoms with Crippen LogP contribution >= 0.6 is 0 Å². The van der Waals surface area contributed by atoms with Crippen molar-refractivity contribution >= 4 is 11.8 Å². The van der Waals surface area contributed by atoms with Crippen LogP contribution in [0.1, 0.15) is 28.8 Å². The number of carbonyl (C=O) groups is 2. The summed E-state index contributed by atoms with van der Waals surface area (Å²) < 4.78 is 16.6. The van der Waals surface area contributed by atoms with E-state index in [-0.39, 0.29) is 11.8 Å². The second-order valence-electron chi connectivity index (χ2n) is 7.45. The SMILES string of the molecule is COc1cc(C(=O)NC(Cc2ccccc2)C(=O)N2CCCC2)cc2c1OCCO2. The molecule has 0 aliphatic carbocycles. The molecule has 0 bridgehead atoms. The van der Waals surface area contributed by atoms with Crippen LogP contribution in [0.3, 0.4) is 0 Å². The highest BCUT2D eigenvalue weighted by molar-refractivity contribution is 5.98. The fourth-order valence-corrected chi connectivity index (χ4v) is 3.85. The van der Waals surface area contributed by atoms with Crippen molar-refractivity contribution in [3.05, 3.63) is 53.6 Å². The van der Waals surface area contributed by atoms with Crippen LogP contribution < -0.4 is 19.5 Å². The van der Waals surface area contributed by atoms with Crippen molar-refractivity contribution < 1.29 is 23.8 Å². The third-order valence-corrected chi connectivity index (χ3v) is 5.39. The van der Waals surface area contributed by atoms with Gasteiger partial charge in [-0.15, -0.1) is 0 Å². The fourth-order valence-electron chi connectivity index (χ4n) is 3.85. The zero-order valence-corrected chi connectivity index (χ0v) is 17.1. The largest absolute Gasteiger partial charge is 0.493 e. The molecule has 30 heavy (non-hydrogen) atoms. The molecule has 1 N–H and O–H groups in total. The maximum Gasteiger partial charge on any atom is 0.252 e. The highest BCUT2D eigenvalue weighted by Gasteiger charge is 2.29. The average Bonchev–Trinajstić information content (AvgIpc) is 3.33. The second kappa shape index (κ2) is 9.07. The van der Waals surface area contributed by atoms with Crippen molar-refractivity contribution in [2.75, 3.05) is 33.4 Å². The zero-order chi connectivity index (χ0) is 20.9. The monoisotopic (exact) mass is 410 g/mol. The summed E-state index contributed by atoms with van der Waals surface area (Å²) in [5, 5.41) is 2.93. The second-order valence-corrected chi connectivity index (χ2v) is 7.45. The van der Waals surface area contributed by atoms with Crippen LogP contribution in [-0.4, -0.2) is 56.2 Å². The molecule has 2 heterocycles. The average molecular weight is 410 g/mol. The summed E-state index contributed by atoms with van der Waals surface area (Å²) in [7, 11) is 1.52. The van der Waals surface area contributed by atoms with Gasteiger partial charge >= 0.3 is 0 Å². The maximum absolute atomic E-state index is 13.1. The van der Waals surface area contributed by atoms with Gasteiger partial charge in [0.05, 0.1) is 7.11 Å². The first kappa shape index (κ1) is 20.1. The molecule has 7 heteroatoms. The van der Waals surface area contributed by atoms with Crippen LogP contribution in [0.25, 0.3) is 0 Å². The van der Waals surface area contributed by atoms with E-state index in [0.717, 1.165) is 31.5 Å². The van der Waals surface area contributed by atoms with E-state index in [2.05, 4.69) is 5.32 Å². The van der Waals surface area contributed by atoms with Crippen molar-refractivity contribution in [2.45, 2.75) is 25.3 Å². The molecular formula is C23H26N2O5. The third kappa shape index (κ3) is 4.35. The van der Waals surface area contributed by atoms with E-state index >= 15 is 0 Å². The number of carbonyl (C=O) groups excluding carboxylic acids is 2. The Labute approximate surface area is 175 Å². The van der Waals surface area contributed by atoms with Gasteiger partial charge in [-0.25, -0.2) is 0 Å². The van der Waals surface area contributed by atoms with E-state index in [4.69, 9.17) is 14.2 Å². The topological polar surface area (TPSA) is 77.1 Å². The van der Waals surface area contributed by atoms with Crippen LogP contribution in [0.4, 0.5) is 0 Å². The number of benzene rings is 2. The summed E-state index contributed by atoms with van der Waals surface area (Å²) in [6.45, 7) is 2.30. The predicted octanol–water partition coefficient (Wildman–Crippen LogP) is 2.43. The molecule has 1 fully saturated rings. The van der Waals surface area contributed by atoms with Crippen LogP contribution in [0.5, 0.6) is 17.2 Å². The molecule has 7 nitrogen and oxygen atoms in total. The van der Waals surface area contributed by atoms with E-state index < -0.39 is 6.04 Å². The van der Waals surface area contributed by atoms with E-state index in [9.17, 15) is 9.59 Å². The third-order valence-electron chi connectivity index (χ3n) is 5.39. The lowest BCUT2D eigenvalue weighted by atomic mass is 10.0. The molecule has 158 valence electrons. The van der Waals surface area contributed by atoms with Crippen molar-refractivity contribution in [3.63, 3.8) is 0 Å². The Morgan fingerprint density at radius 2 is 1.83 bits per heavy atom. The van der Waals surface area contributed by atoms with Gasteiger partial charge in [-0.1, -0.05) is 30.3 Å². The highest BCUT2D eigenvalue weighted by atomic mass is 16.6. The van der Waals surface area contributed by atoms with E-state index in [1.165, 1.54) is 7.11 Å². The number of fused-ring (bicyclic) bond motifs is 1. The van der Waals surface area contributed by atoms with Gasteiger partial charge in [0.25, 0.3) is 5.91 Å². The minimum atomic E-state index is -0.641. The van der Waals surface area contributed by atoms with Gasteiger partial charge in [0.1, 0.15) is 19.3 Å². The smallest absolute Gasteiger partial charge is 0.252 e. The van der Waals surface area contributed by atoms with E-state index in [1.54, 1.807) is 12.1 Å². The van der Waals surface area contributed by atoms with Crippen LogP contribution in [-0.2, 0) is 11.2 Å². The lowest BCUT2D eigenvalue weighted by molar-refractivity contribution is -0.132. The molecule has 0 aromatic heterocycles. The highest BCUT2D eigenvalue weighted by Crippen LogP contribution is 2.40. The zero-order valence-electron chi connectivity index (χ0n) is 17.1. The van der Waals surface area contributed by atoms with Crippen LogP contribution in [0.15, 0.2) is 42.5 Å². The summed E-state index contributed by atoms with van der Waals surface area (Å²) in [6, 6.07) is 12.3. The van der Waals surface area contributed by atoms with Crippen LogP contribution in [0.2, 0.25) is 0 Å². The number of ether oxygens (including phenoxy) is 3. The Morgan fingerprint density at radius 1 is 1.10 bits per heavy atom. The minimum Gasteiger partial charge on any atom is -0.493 e. The standard InChI is InChI=1S/C23H26N2O5/c1-28-19-14-17(15-20-21(19)30-12-11-29-20)22(26)24-18(13-16-7-3-2-4-8-16)23(27)25-9-5-6-10-25/h2-4,7-8,14-15,18H,5-6,9-13H2,1H3,(H,24,26). The first-order chi connectivity index (χ1) is 14.7. The number of likely N-dealkylation sites (tertiary alicyclic amines) is 1. The Kier molecular flexibility index (Phi) is 6.07. The lowest BCUT2D eigenvalue weighted by Gasteiger charge is -2.25. The van der Waals surface area contributed by atoms with E-state index in [1.807, 2.05) is 35.2 Å². The number of amides is 2. The molecule has 4 rings (SSSR count). The van der Waals surface area contributed by atoms with Gasteiger partial charge < -0.3 is 24.4 Å². The van der Waals surface area contributed by atoms with Crippen LogP contribution in [0, 0.1) is 0 Å². The summed E-state index contributed by atoms with van der Waals surface area (Å²) in [5.41, 5.74) is 1.36. The van der Waals surface area contributed by atoms with Gasteiger partial charge in [-0.3, -0.25) is 9.59 Å². The van der Waals surface area contributed by atoms with Gasteiger partial charge in [-0.05, 0) is 30.5 Å². The molecule has 0 saturated carbocycles. The van der Waals surface area contributed by atoms with Crippen molar-refractivity contribution in [1.29, 1.82) is 0 Å². The molecule has 2 amide bonds. The lowest BCUT2D eigenvalue weighted by Crippen LogP contribution is -2.49. The molecule has 0 radical (unpaired) electrons. The first-order valence-corrected chi connectivity index (χ1v) is 10.3. The maximum atomic E-state index is 13.1. The minimum absolute atomic E-state index is 0.0470. The molecule has 1 atom stereocenters. The van der Waals surface area contributed by atoms with Gasteiger partial charge in [0.15, 0.2) is 11.5 Å². The normalized spacial score (nSPS) is 16.1. The summed E-state index contributed by atoms with van der Waals surface area (Å²) >= 11 is 0. The molecular weight excluding hydrogens is 384 g/mol. The number of hydrogen-bond acceptors (Lipinski definition) is 5. The Bertz CT molecular complexity index is 892. The number of nitrogens with one attached hydrogen (secondary N) is 1. The quantitative estimate of drug-likeness (QED) is 0.792. The van der Waals surface area contributed by atoms with Crippen molar-refractivity contribution in [2.24, 2.45) is 0 Å². The number of rotatable bonds is 6. The van der Waals surface area contributed by atoms with Gasteiger partial charge in [0, 0.05) is 25.1 Å². The number of hydrogen-bond donors (Lipinski definition) is 1. The molecule has 2 aromatic rings. The molecule has 0 spiro atoms. The Balaban J connectivity index is 1.57. The van der Waals surface area contributed by atoms with Crippen molar-refractivity contribution in [1.82, 2.24) is 10.2 Å². The van der Waals surface area contributed by atoms with Crippen molar-refractivity contribution in [3.8, 4) is 17.2 Å².